The van der Waals surface area contributed by atoms with E-state index >= 15 is 0 Å². The van der Waals surface area contributed by atoms with Gasteiger partial charge in [-0.15, -0.1) is 0 Å². The SMILES string of the molecule is O=C(O)c1ccnc(/C(COc2ccccc2)=N/O)c1. The molecule has 0 radical (unpaired) electrons. The van der Waals surface area contributed by atoms with Crippen LogP contribution in [0.15, 0.2) is 53.8 Å². The number of carboxylic acid groups (broad SMARTS) is 1. The molecule has 0 fully saturated rings. The summed E-state index contributed by atoms with van der Waals surface area (Å²) in [6.07, 6.45) is 1.34. The predicted molar refractivity (Wildman–Crippen MR) is 71.5 cm³/mol. The summed E-state index contributed by atoms with van der Waals surface area (Å²) in [6, 6.07) is 11.7. The van der Waals surface area contributed by atoms with E-state index in [1.54, 1.807) is 12.1 Å². The lowest BCUT2D eigenvalue weighted by molar-refractivity contribution is 0.0696. The van der Waals surface area contributed by atoms with Crippen LogP contribution < -0.4 is 4.74 Å². The van der Waals surface area contributed by atoms with Crippen LogP contribution in [0.25, 0.3) is 0 Å². The minimum Gasteiger partial charge on any atom is -0.487 e. The molecule has 6 heteroatoms. The van der Waals surface area contributed by atoms with Crippen molar-refractivity contribution in [2.75, 3.05) is 6.61 Å². The number of ether oxygens (including phenoxy) is 1. The number of oxime groups is 1. The third-order valence-electron chi connectivity index (χ3n) is 2.54. The molecule has 0 saturated heterocycles. The van der Waals surface area contributed by atoms with Crippen molar-refractivity contribution in [3.63, 3.8) is 0 Å². The van der Waals surface area contributed by atoms with E-state index < -0.39 is 5.97 Å². The number of carboxylic acids is 1. The number of carbonyl (C=O) groups is 1. The molecule has 1 aromatic carbocycles. The fourth-order valence-electron chi connectivity index (χ4n) is 1.54. The molecule has 2 N–H and O–H groups in total. The summed E-state index contributed by atoms with van der Waals surface area (Å²) in [4.78, 5) is 14.9. The lowest BCUT2D eigenvalue weighted by Crippen LogP contribution is -2.15. The van der Waals surface area contributed by atoms with Crippen LogP contribution in [-0.2, 0) is 0 Å². The van der Waals surface area contributed by atoms with Gasteiger partial charge in [0.1, 0.15) is 18.1 Å². The Hall–Kier alpha value is -2.89. The van der Waals surface area contributed by atoms with Crippen molar-refractivity contribution in [3.8, 4) is 5.75 Å². The predicted octanol–water partition coefficient (Wildman–Crippen LogP) is 2.04. The molecule has 0 unspecified atom stereocenters. The van der Waals surface area contributed by atoms with Crippen molar-refractivity contribution in [1.82, 2.24) is 4.98 Å². The van der Waals surface area contributed by atoms with Gasteiger partial charge in [0.2, 0.25) is 0 Å². The van der Waals surface area contributed by atoms with Gasteiger partial charge >= 0.3 is 5.97 Å². The Labute approximate surface area is 115 Å². The number of nitrogens with zero attached hydrogens (tertiary/aromatic N) is 2. The van der Waals surface area contributed by atoms with E-state index in [1.807, 2.05) is 18.2 Å². The molecule has 20 heavy (non-hydrogen) atoms. The van der Waals surface area contributed by atoms with Gasteiger partial charge in [-0.3, -0.25) is 4.98 Å². The Bertz CT molecular complexity index is 626. The Balaban J connectivity index is 2.13. The number of hydrogen-bond acceptors (Lipinski definition) is 5. The molecule has 2 rings (SSSR count). The van der Waals surface area contributed by atoms with Gasteiger partial charge in [0.15, 0.2) is 0 Å². The summed E-state index contributed by atoms with van der Waals surface area (Å²) in [6.45, 7) is -0.0173. The molecule has 102 valence electrons. The van der Waals surface area contributed by atoms with E-state index in [1.165, 1.54) is 18.3 Å². The Kier molecular flexibility index (Phi) is 4.28. The van der Waals surface area contributed by atoms with Crippen molar-refractivity contribution < 1.29 is 19.8 Å². The van der Waals surface area contributed by atoms with Gasteiger partial charge in [-0.2, -0.15) is 0 Å². The van der Waals surface area contributed by atoms with Gasteiger partial charge in [-0.05, 0) is 24.3 Å². The maximum atomic E-state index is 10.9. The van der Waals surface area contributed by atoms with Crippen LogP contribution in [0.2, 0.25) is 0 Å². The second-order valence-corrected chi connectivity index (χ2v) is 3.88. The summed E-state index contributed by atoms with van der Waals surface area (Å²) in [5.74, 6) is -0.460. The maximum Gasteiger partial charge on any atom is 0.335 e. The largest absolute Gasteiger partial charge is 0.487 e. The zero-order chi connectivity index (χ0) is 14.4. The fourth-order valence-corrected chi connectivity index (χ4v) is 1.54. The zero-order valence-corrected chi connectivity index (χ0v) is 10.4. The molecule has 1 heterocycles. The van der Waals surface area contributed by atoms with E-state index in [0.717, 1.165) is 0 Å². The number of aromatic nitrogens is 1. The van der Waals surface area contributed by atoms with E-state index in [-0.39, 0.29) is 23.6 Å². The normalized spacial score (nSPS) is 11.1. The van der Waals surface area contributed by atoms with Crippen LogP contribution in [0.4, 0.5) is 0 Å². The molecule has 6 nitrogen and oxygen atoms in total. The third-order valence-corrected chi connectivity index (χ3v) is 2.54. The summed E-state index contributed by atoms with van der Waals surface area (Å²) >= 11 is 0. The van der Waals surface area contributed by atoms with Crippen LogP contribution in [0.5, 0.6) is 5.75 Å². The average Bonchev–Trinajstić information content (AvgIpc) is 2.49. The number of hydrogen-bond donors (Lipinski definition) is 2. The molecule has 0 atom stereocenters. The first kappa shape index (κ1) is 13.5. The van der Waals surface area contributed by atoms with Crippen LogP contribution >= 0.6 is 0 Å². The molecule has 0 aliphatic rings. The van der Waals surface area contributed by atoms with Crippen LogP contribution in [0.3, 0.4) is 0 Å². The van der Waals surface area contributed by atoms with Gasteiger partial charge in [-0.1, -0.05) is 23.4 Å². The number of benzene rings is 1. The quantitative estimate of drug-likeness (QED) is 0.493. The summed E-state index contributed by atoms with van der Waals surface area (Å²) < 4.78 is 5.44. The highest BCUT2D eigenvalue weighted by molar-refractivity contribution is 6.01. The summed E-state index contributed by atoms with van der Waals surface area (Å²) in [7, 11) is 0. The minimum absolute atomic E-state index is 0.0173. The lowest BCUT2D eigenvalue weighted by atomic mass is 10.2. The van der Waals surface area contributed by atoms with Gasteiger partial charge in [-0.25, -0.2) is 4.79 Å². The molecule has 0 amide bonds. The smallest absolute Gasteiger partial charge is 0.335 e. The van der Waals surface area contributed by atoms with E-state index in [2.05, 4.69) is 10.1 Å². The fraction of sp³-hybridized carbons (Fsp3) is 0.0714. The maximum absolute atomic E-state index is 10.9. The van der Waals surface area contributed by atoms with Crippen molar-refractivity contribution in [2.24, 2.45) is 5.16 Å². The molecule has 0 aliphatic heterocycles. The lowest BCUT2D eigenvalue weighted by Gasteiger charge is -2.07. The number of rotatable bonds is 5. The summed E-state index contributed by atoms with van der Waals surface area (Å²) in [5.41, 5.74) is 0.469. The molecule has 2 aromatic rings. The standard InChI is InChI=1S/C14H12N2O4/c17-14(18)10-6-7-15-12(8-10)13(16-19)9-20-11-4-2-1-3-5-11/h1-8,19H,9H2,(H,17,18)/b16-13+. The van der Waals surface area contributed by atoms with Gasteiger partial charge < -0.3 is 15.1 Å². The zero-order valence-electron chi connectivity index (χ0n) is 10.4. The van der Waals surface area contributed by atoms with Crippen LogP contribution in [0.1, 0.15) is 16.1 Å². The van der Waals surface area contributed by atoms with Crippen LogP contribution in [0, 0.1) is 0 Å². The highest BCUT2D eigenvalue weighted by atomic mass is 16.5. The van der Waals surface area contributed by atoms with Crippen molar-refractivity contribution in [1.29, 1.82) is 0 Å². The van der Waals surface area contributed by atoms with E-state index in [4.69, 9.17) is 15.1 Å². The Morgan fingerprint density at radius 1 is 1.25 bits per heavy atom. The second-order valence-electron chi connectivity index (χ2n) is 3.88. The molecule has 0 spiro atoms. The summed E-state index contributed by atoms with van der Waals surface area (Å²) in [5, 5.41) is 21.0. The van der Waals surface area contributed by atoms with E-state index in [9.17, 15) is 4.79 Å². The monoisotopic (exact) mass is 272 g/mol. The number of pyridine rings is 1. The van der Waals surface area contributed by atoms with Gasteiger partial charge in [0, 0.05) is 6.20 Å². The molecule has 1 aromatic heterocycles. The highest BCUT2D eigenvalue weighted by Gasteiger charge is 2.11. The molecule has 0 bridgehead atoms. The molecular formula is C14H12N2O4. The first-order valence-electron chi connectivity index (χ1n) is 5.79. The second kappa shape index (κ2) is 6.33. The third kappa shape index (κ3) is 3.32. The van der Waals surface area contributed by atoms with Gasteiger partial charge in [0.25, 0.3) is 0 Å². The van der Waals surface area contributed by atoms with Crippen LogP contribution in [-0.4, -0.2) is 33.6 Å². The minimum atomic E-state index is -1.07. The van der Waals surface area contributed by atoms with Crippen molar-refractivity contribution in [3.05, 3.63) is 59.9 Å². The molecule has 0 aliphatic carbocycles. The first-order chi connectivity index (χ1) is 9.70. The molecule has 0 saturated carbocycles. The number of para-hydroxylation sites is 1. The van der Waals surface area contributed by atoms with E-state index in [0.29, 0.717) is 5.75 Å². The average molecular weight is 272 g/mol. The van der Waals surface area contributed by atoms with Crippen molar-refractivity contribution >= 4 is 11.7 Å². The Morgan fingerprint density at radius 2 is 2.00 bits per heavy atom. The first-order valence-corrected chi connectivity index (χ1v) is 5.79. The molecular weight excluding hydrogens is 260 g/mol. The van der Waals surface area contributed by atoms with Gasteiger partial charge in [0.05, 0.1) is 11.3 Å². The Morgan fingerprint density at radius 3 is 2.65 bits per heavy atom. The van der Waals surface area contributed by atoms with Crippen molar-refractivity contribution in [2.45, 2.75) is 0 Å². The highest BCUT2D eigenvalue weighted by Crippen LogP contribution is 2.10. The number of aromatic carboxylic acids is 1. The topological polar surface area (TPSA) is 92.0 Å².